The molecule has 7 nitrogen and oxygen atoms in total. The molecule has 0 amide bonds. The van der Waals surface area contributed by atoms with Crippen molar-refractivity contribution in [2.75, 3.05) is 11.5 Å². The summed E-state index contributed by atoms with van der Waals surface area (Å²) in [6.07, 6.45) is 0.568. The zero-order valence-corrected chi connectivity index (χ0v) is 13.6. The number of rotatable bonds is 2. The molecule has 0 fully saturated rings. The number of nitrogen functional groups attached to an aromatic ring is 2. The van der Waals surface area contributed by atoms with Gasteiger partial charge in [-0.15, -0.1) is 0 Å². The van der Waals surface area contributed by atoms with E-state index in [1.165, 1.54) is 0 Å². The van der Waals surface area contributed by atoms with Crippen LogP contribution in [0.1, 0.15) is 10.4 Å². The summed E-state index contributed by atoms with van der Waals surface area (Å²) < 4.78 is 56.1. The van der Waals surface area contributed by atoms with E-state index in [0.29, 0.717) is 16.8 Å². The molecule has 0 aliphatic rings. The number of hydrogen-bond acceptors (Lipinski definition) is 5. The molecule has 12 heteroatoms. The van der Waals surface area contributed by atoms with Crippen molar-refractivity contribution < 1.29 is 27.5 Å². The van der Waals surface area contributed by atoms with Gasteiger partial charge in [0, 0.05) is 12.3 Å². The van der Waals surface area contributed by atoms with Crippen LogP contribution in [0.5, 0.6) is 0 Å². The van der Waals surface area contributed by atoms with Crippen molar-refractivity contribution in [1.82, 2.24) is 9.55 Å². The fourth-order valence-corrected chi connectivity index (χ4v) is 2.74. The summed E-state index contributed by atoms with van der Waals surface area (Å²) in [7, 11) is 0. The highest BCUT2D eigenvalue weighted by atomic mass is 35.5. The number of anilines is 2. The second-order valence-corrected chi connectivity index (χ2v) is 5.67. The molecule has 0 aliphatic carbocycles. The third-order valence-corrected chi connectivity index (χ3v) is 4.05. The third kappa shape index (κ3) is 2.63. The van der Waals surface area contributed by atoms with Gasteiger partial charge in [0.1, 0.15) is 10.6 Å². The van der Waals surface area contributed by atoms with E-state index in [1.807, 2.05) is 0 Å². The number of nitrogens with zero attached hydrogens (tertiary/aromatic N) is 2. The fraction of sp³-hybridized carbons (Fsp3) is 0. The van der Waals surface area contributed by atoms with Crippen molar-refractivity contribution in [3.05, 3.63) is 56.3 Å². The molecule has 0 saturated carbocycles. The van der Waals surface area contributed by atoms with Gasteiger partial charge >= 0.3 is 5.97 Å². The Bertz CT molecular complexity index is 1210. The van der Waals surface area contributed by atoms with Crippen LogP contribution in [0.2, 0.25) is 5.02 Å². The number of benzene rings is 1. The molecule has 3 rings (SSSR count). The number of pyridine rings is 2. The van der Waals surface area contributed by atoms with Crippen LogP contribution in [0.4, 0.5) is 29.1 Å². The van der Waals surface area contributed by atoms with Crippen LogP contribution in [-0.2, 0) is 0 Å². The summed E-state index contributed by atoms with van der Waals surface area (Å²) in [5.74, 6) is -9.27. The van der Waals surface area contributed by atoms with Crippen molar-refractivity contribution >= 4 is 40.0 Å². The van der Waals surface area contributed by atoms with E-state index in [4.69, 9.17) is 23.1 Å². The Morgan fingerprint density at radius 1 is 1.15 bits per heavy atom. The van der Waals surface area contributed by atoms with Crippen molar-refractivity contribution in [1.29, 1.82) is 0 Å². The number of nitrogens with two attached hydrogens (primary N) is 2. The Morgan fingerprint density at radius 2 is 1.78 bits per heavy atom. The summed E-state index contributed by atoms with van der Waals surface area (Å²) in [5.41, 5.74) is 6.74. The van der Waals surface area contributed by atoms with Gasteiger partial charge in [0.2, 0.25) is 5.43 Å². The smallest absolute Gasteiger partial charge is 0.341 e. The maximum atomic E-state index is 14.2. The van der Waals surface area contributed by atoms with Gasteiger partial charge in [-0.3, -0.25) is 9.36 Å². The van der Waals surface area contributed by atoms with E-state index < -0.39 is 73.5 Å². The van der Waals surface area contributed by atoms with Gasteiger partial charge < -0.3 is 16.6 Å². The first-order valence-electron chi connectivity index (χ1n) is 6.92. The standard InChI is InChI=1S/C15H7ClF4N4O3/c16-7-8(19)9(20)10(21)6-11(7)24(2-3(12(6)25)15(26)27)14-5(18)1-4(17)13(22)23-14/h1-2H,21H2,(H2,22,23)(H,26,27). The van der Waals surface area contributed by atoms with E-state index in [-0.39, 0.29) is 0 Å². The zero-order chi connectivity index (χ0) is 20.2. The number of carboxylic acid groups (broad SMARTS) is 1. The number of fused-ring (bicyclic) bond motifs is 1. The lowest BCUT2D eigenvalue weighted by molar-refractivity contribution is 0.0695. The quantitative estimate of drug-likeness (QED) is 0.343. The van der Waals surface area contributed by atoms with E-state index >= 15 is 0 Å². The van der Waals surface area contributed by atoms with Gasteiger partial charge in [0.15, 0.2) is 34.9 Å². The SMILES string of the molecule is Nc1nc(-n2cc(C(=O)O)c(=O)c3c(N)c(F)c(F)c(Cl)c32)c(F)cc1F. The van der Waals surface area contributed by atoms with Crippen LogP contribution < -0.4 is 16.9 Å². The molecule has 0 atom stereocenters. The lowest BCUT2D eigenvalue weighted by atomic mass is 10.1. The van der Waals surface area contributed by atoms with Crippen LogP contribution in [0, 0.1) is 23.3 Å². The normalized spacial score (nSPS) is 11.1. The Balaban J connectivity index is 2.65. The van der Waals surface area contributed by atoms with Crippen LogP contribution in [0.15, 0.2) is 17.1 Å². The lowest BCUT2D eigenvalue weighted by Crippen LogP contribution is -2.21. The molecule has 2 aromatic heterocycles. The summed E-state index contributed by atoms with van der Waals surface area (Å²) in [5, 5.41) is 7.39. The minimum absolute atomic E-state index is 0.333. The average Bonchev–Trinajstić information content (AvgIpc) is 2.60. The molecule has 27 heavy (non-hydrogen) atoms. The molecule has 0 unspecified atom stereocenters. The lowest BCUT2D eigenvalue weighted by Gasteiger charge is -2.16. The van der Waals surface area contributed by atoms with E-state index in [0.717, 1.165) is 0 Å². The molecule has 0 radical (unpaired) electrons. The highest BCUT2D eigenvalue weighted by molar-refractivity contribution is 6.36. The first-order chi connectivity index (χ1) is 12.6. The van der Waals surface area contributed by atoms with E-state index in [9.17, 15) is 32.3 Å². The Labute approximate surface area is 151 Å². The highest BCUT2D eigenvalue weighted by Crippen LogP contribution is 2.34. The Kier molecular flexibility index (Phi) is 4.19. The molecule has 0 bridgehead atoms. The van der Waals surface area contributed by atoms with Crippen LogP contribution in [-0.4, -0.2) is 20.6 Å². The molecule has 5 N–H and O–H groups in total. The predicted molar refractivity (Wildman–Crippen MR) is 88.0 cm³/mol. The third-order valence-electron chi connectivity index (χ3n) is 3.70. The van der Waals surface area contributed by atoms with Crippen LogP contribution in [0.3, 0.4) is 0 Å². The first-order valence-corrected chi connectivity index (χ1v) is 7.30. The number of carbonyl (C=O) groups is 1. The monoisotopic (exact) mass is 402 g/mol. The van der Waals surface area contributed by atoms with Gasteiger partial charge in [-0.25, -0.2) is 27.3 Å². The number of aromatic carboxylic acids is 1. The molecule has 2 heterocycles. The van der Waals surface area contributed by atoms with Gasteiger partial charge in [-0.2, -0.15) is 0 Å². The number of carboxylic acids is 1. The topological polar surface area (TPSA) is 124 Å². The molecule has 3 aromatic rings. The molecular weight excluding hydrogens is 396 g/mol. The molecule has 0 aliphatic heterocycles. The van der Waals surface area contributed by atoms with E-state index in [1.54, 1.807) is 0 Å². The Hall–Kier alpha value is -3.34. The first kappa shape index (κ1) is 18.5. The van der Waals surface area contributed by atoms with Crippen molar-refractivity contribution in [3.63, 3.8) is 0 Å². The molecule has 0 spiro atoms. The maximum Gasteiger partial charge on any atom is 0.341 e. The average molecular weight is 403 g/mol. The predicted octanol–water partition coefficient (Wildman–Crippen LogP) is 2.46. The van der Waals surface area contributed by atoms with Gasteiger partial charge in [-0.05, 0) is 0 Å². The number of hydrogen-bond donors (Lipinski definition) is 3. The summed E-state index contributed by atoms with van der Waals surface area (Å²) in [6.45, 7) is 0. The summed E-state index contributed by atoms with van der Waals surface area (Å²) in [6, 6.07) is 0.333. The molecule has 140 valence electrons. The zero-order valence-electron chi connectivity index (χ0n) is 12.9. The van der Waals surface area contributed by atoms with Gasteiger partial charge in [0.05, 0.1) is 16.6 Å². The van der Waals surface area contributed by atoms with Crippen molar-refractivity contribution in [2.45, 2.75) is 0 Å². The molecule has 1 aromatic carbocycles. The van der Waals surface area contributed by atoms with Gasteiger partial charge in [0.25, 0.3) is 0 Å². The van der Waals surface area contributed by atoms with Crippen molar-refractivity contribution in [3.8, 4) is 5.82 Å². The number of halogens is 5. The largest absolute Gasteiger partial charge is 0.477 e. The highest BCUT2D eigenvalue weighted by Gasteiger charge is 2.26. The second-order valence-electron chi connectivity index (χ2n) is 5.29. The fourth-order valence-electron chi connectivity index (χ4n) is 2.47. The van der Waals surface area contributed by atoms with Gasteiger partial charge in [-0.1, -0.05) is 11.6 Å². The summed E-state index contributed by atoms with van der Waals surface area (Å²) in [4.78, 5) is 27.2. The molecule has 0 saturated heterocycles. The van der Waals surface area contributed by atoms with Crippen molar-refractivity contribution in [2.24, 2.45) is 0 Å². The minimum Gasteiger partial charge on any atom is -0.477 e. The number of aromatic nitrogens is 2. The van der Waals surface area contributed by atoms with Crippen LogP contribution in [0.25, 0.3) is 16.7 Å². The van der Waals surface area contributed by atoms with Crippen LogP contribution >= 0.6 is 11.6 Å². The minimum atomic E-state index is -1.77. The second kappa shape index (κ2) is 6.13. The Morgan fingerprint density at radius 3 is 2.37 bits per heavy atom. The summed E-state index contributed by atoms with van der Waals surface area (Å²) >= 11 is 5.75. The van der Waals surface area contributed by atoms with E-state index in [2.05, 4.69) is 4.98 Å². The maximum absolute atomic E-state index is 14.2. The molecular formula is C15H7ClF4N4O3.